The molecule has 0 heterocycles. The highest BCUT2D eigenvalue weighted by molar-refractivity contribution is 5.71. The Balaban J connectivity index is 2.61. The van der Waals surface area contributed by atoms with Gasteiger partial charge in [-0.05, 0) is 17.5 Å². The Kier molecular flexibility index (Phi) is 4.35. The van der Waals surface area contributed by atoms with Gasteiger partial charge in [-0.1, -0.05) is 45.0 Å². The predicted molar refractivity (Wildman–Crippen MR) is 60.5 cm³/mol. The maximum Gasteiger partial charge on any atom is 0.308 e. The fourth-order valence-corrected chi connectivity index (χ4v) is 1.36. The van der Waals surface area contributed by atoms with Gasteiger partial charge in [0.05, 0.1) is 5.92 Å². The summed E-state index contributed by atoms with van der Waals surface area (Å²) in [6, 6.07) is 8.05. The highest BCUT2D eigenvalue weighted by atomic mass is 16.5. The Hall–Kier alpha value is -1.31. The minimum atomic E-state index is -0.138. The molecular formula is C13H18O2. The average Bonchev–Trinajstić information content (AvgIpc) is 2.26. The summed E-state index contributed by atoms with van der Waals surface area (Å²) in [4.78, 5) is 11.3. The summed E-state index contributed by atoms with van der Waals surface area (Å²) in [6.45, 7) is 6.17. The van der Waals surface area contributed by atoms with Gasteiger partial charge in [-0.15, -0.1) is 0 Å². The standard InChI is InChI=1S/C13H18O2/c1-4-11-7-5-6-8-12(11)9-15-13(14)10(2)3/h5-8,10H,4,9H2,1-3H3. The zero-order chi connectivity index (χ0) is 11.3. The molecule has 0 unspecified atom stereocenters. The van der Waals surface area contributed by atoms with Crippen molar-refractivity contribution in [2.24, 2.45) is 5.92 Å². The summed E-state index contributed by atoms with van der Waals surface area (Å²) in [5.41, 5.74) is 2.35. The number of carbonyl (C=O) groups excluding carboxylic acids is 1. The van der Waals surface area contributed by atoms with E-state index in [0.717, 1.165) is 12.0 Å². The molecule has 1 aromatic rings. The van der Waals surface area contributed by atoms with Crippen LogP contribution in [0.5, 0.6) is 0 Å². The summed E-state index contributed by atoms with van der Waals surface area (Å²) >= 11 is 0. The molecule has 0 amide bonds. The molecule has 15 heavy (non-hydrogen) atoms. The quantitative estimate of drug-likeness (QED) is 0.708. The van der Waals surface area contributed by atoms with Crippen LogP contribution in [0.25, 0.3) is 0 Å². The van der Waals surface area contributed by atoms with Crippen LogP contribution in [0, 0.1) is 5.92 Å². The third-order valence-corrected chi connectivity index (χ3v) is 2.34. The monoisotopic (exact) mass is 206 g/mol. The molecule has 2 heteroatoms. The van der Waals surface area contributed by atoms with Gasteiger partial charge in [-0.2, -0.15) is 0 Å². The first kappa shape index (κ1) is 11.8. The molecule has 0 saturated carbocycles. The highest BCUT2D eigenvalue weighted by Crippen LogP contribution is 2.11. The molecule has 1 rings (SSSR count). The lowest BCUT2D eigenvalue weighted by Crippen LogP contribution is -2.12. The van der Waals surface area contributed by atoms with Gasteiger partial charge in [-0.3, -0.25) is 4.79 Å². The highest BCUT2D eigenvalue weighted by Gasteiger charge is 2.09. The number of benzene rings is 1. The van der Waals surface area contributed by atoms with E-state index in [9.17, 15) is 4.79 Å². The van der Waals surface area contributed by atoms with Crippen molar-refractivity contribution in [3.63, 3.8) is 0 Å². The van der Waals surface area contributed by atoms with Crippen LogP contribution in [-0.2, 0) is 22.6 Å². The molecule has 2 nitrogen and oxygen atoms in total. The molecule has 0 aliphatic rings. The average molecular weight is 206 g/mol. The second-order valence-electron chi connectivity index (χ2n) is 3.88. The molecular weight excluding hydrogens is 188 g/mol. The van der Waals surface area contributed by atoms with Crippen molar-refractivity contribution in [3.8, 4) is 0 Å². The van der Waals surface area contributed by atoms with Gasteiger partial charge in [0.1, 0.15) is 6.61 Å². The smallest absolute Gasteiger partial charge is 0.308 e. The topological polar surface area (TPSA) is 26.3 Å². The lowest BCUT2D eigenvalue weighted by atomic mass is 10.1. The fraction of sp³-hybridized carbons (Fsp3) is 0.462. The number of aryl methyl sites for hydroxylation is 1. The van der Waals surface area contributed by atoms with E-state index >= 15 is 0 Å². The molecule has 82 valence electrons. The molecule has 0 spiro atoms. The zero-order valence-corrected chi connectivity index (χ0v) is 9.62. The lowest BCUT2D eigenvalue weighted by Gasteiger charge is -2.10. The van der Waals surface area contributed by atoms with Crippen molar-refractivity contribution in [1.29, 1.82) is 0 Å². The summed E-state index contributed by atoms with van der Waals surface area (Å²) < 4.78 is 5.19. The van der Waals surface area contributed by atoms with Crippen LogP contribution in [0.1, 0.15) is 31.9 Å². The minimum Gasteiger partial charge on any atom is -0.461 e. The van der Waals surface area contributed by atoms with E-state index in [1.54, 1.807) is 0 Å². The Morgan fingerprint density at radius 1 is 1.27 bits per heavy atom. The molecule has 0 fully saturated rings. The Labute approximate surface area is 91.3 Å². The number of esters is 1. The van der Waals surface area contributed by atoms with E-state index < -0.39 is 0 Å². The predicted octanol–water partition coefficient (Wildman–Crippen LogP) is 2.95. The van der Waals surface area contributed by atoms with Gasteiger partial charge in [-0.25, -0.2) is 0 Å². The molecule has 0 aromatic heterocycles. The van der Waals surface area contributed by atoms with Crippen molar-refractivity contribution in [2.75, 3.05) is 0 Å². The van der Waals surface area contributed by atoms with Crippen LogP contribution in [0.15, 0.2) is 24.3 Å². The molecule has 0 atom stereocenters. The van der Waals surface area contributed by atoms with Gasteiger partial charge in [0.2, 0.25) is 0 Å². The molecule has 0 bridgehead atoms. The summed E-state index contributed by atoms with van der Waals surface area (Å²) in [7, 11) is 0. The van der Waals surface area contributed by atoms with Crippen LogP contribution in [0.2, 0.25) is 0 Å². The number of hydrogen-bond donors (Lipinski definition) is 0. The zero-order valence-electron chi connectivity index (χ0n) is 9.62. The van der Waals surface area contributed by atoms with Crippen LogP contribution < -0.4 is 0 Å². The Morgan fingerprint density at radius 2 is 1.87 bits per heavy atom. The van der Waals surface area contributed by atoms with Crippen molar-refractivity contribution in [2.45, 2.75) is 33.8 Å². The van der Waals surface area contributed by atoms with Crippen LogP contribution in [0.4, 0.5) is 0 Å². The number of ether oxygens (including phenoxy) is 1. The second-order valence-corrected chi connectivity index (χ2v) is 3.88. The van der Waals surface area contributed by atoms with E-state index in [1.165, 1.54) is 5.56 Å². The van der Waals surface area contributed by atoms with Gasteiger partial charge < -0.3 is 4.74 Å². The maximum atomic E-state index is 11.3. The molecule has 0 N–H and O–H groups in total. The van der Waals surface area contributed by atoms with Crippen molar-refractivity contribution in [3.05, 3.63) is 35.4 Å². The number of rotatable bonds is 4. The Morgan fingerprint density at radius 3 is 2.40 bits per heavy atom. The second kappa shape index (κ2) is 5.54. The first-order chi connectivity index (χ1) is 7.15. The molecule has 1 aromatic carbocycles. The van der Waals surface area contributed by atoms with E-state index in [2.05, 4.69) is 13.0 Å². The van der Waals surface area contributed by atoms with E-state index in [0.29, 0.717) is 6.61 Å². The number of carbonyl (C=O) groups is 1. The molecule has 0 aliphatic carbocycles. The largest absolute Gasteiger partial charge is 0.461 e. The molecule has 0 radical (unpaired) electrons. The van der Waals surface area contributed by atoms with Gasteiger partial charge in [0, 0.05) is 0 Å². The van der Waals surface area contributed by atoms with E-state index in [1.807, 2.05) is 32.0 Å². The Bertz CT molecular complexity index is 329. The third-order valence-electron chi connectivity index (χ3n) is 2.34. The van der Waals surface area contributed by atoms with E-state index in [4.69, 9.17) is 4.74 Å². The summed E-state index contributed by atoms with van der Waals surface area (Å²) in [5.74, 6) is -0.195. The lowest BCUT2D eigenvalue weighted by molar-refractivity contribution is -0.148. The van der Waals surface area contributed by atoms with Gasteiger partial charge >= 0.3 is 5.97 Å². The van der Waals surface area contributed by atoms with Gasteiger partial charge in [0.15, 0.2) is 0 Å². The number of hydrogen-bond acceptors (Lipinski definition) is 2. The van der Waals surface area contributed by atoms with Gasteiger partial charge in [0.25, 0.3) is 0 Å². The van der Waals surface area contributed by atoms with Crippen LogP contribution in [0.3, 0.4) is 0 Å². The maximum absolute atomic E-state index is 11.3. The SMILES string of the molecule is CCc1ccccc1COC(=O)C(C)C. The van der Waals surface area contributed by atoms with Crippen LogP contribution >= 0.6 is 0 Å². The third kappa shape index (κ3) is 3.39. The van der Waals surface area contributed by atoms with Crippen molar-refractivity contribution < 1.29 is 9.53 Å². The normalized spacial score (nSPS) is 10.4. The fourth-order valence-electron chi connectivity index (χ4n) is 1.36. The molecule has 0 saturated heterocycles. The van der Waals surface area contributed by atoms with Crippen molar-refractivity contribution in [1.82, 2.24) is 0 Å². The van der Waals surface area contributed by atoms with Crippen LogP contribution in [-0.4, -0.2) is 5.97 Å². The summed E-state index contributed by atoms with van der Waals surface area (Å²) in [5, 5.41) is 0. The molecule has 0 aliphatic heterocycles. The van der Waals surface area contributed by atoms with Crippen molar-refractivity contribution >= 4 is 5.97 Å². The minimum absolute atomic E-state index is 0.0567. The first-order valence-electron chi connectivity index (χ1n) is 5.38. The summed E-state index contributed by atoms with van der Waals surface area (Å²) in [6.07, 6.45) is 0.968. The van der Waals surface area contributed by atoms with E-state index in [-0.39, 0.29) is 11.9 Å². The first-order valence-corrected chi connectivity index (χ1v) is 5.38.